The molecule has 120 valence electrons. The largest absolute Gasteiger partial charge is 0.390 e. The Morgan fingerprint density at radius 1 is 1.19 bits per heavy atom. The molecule has 2 heterocycles. The molecule has 5 atom stereocenters. The number of nitrogens with zero attached hydrogens (tertiary/aromatic N) is 3. The standard InChI is InChI=1S/C16H29N3O2/c1-11(2)18-6-12(3)16(9-18)21-10-13(4)19-7-14(5-17)15(20)8-19/h11-16,20H,6-10H2,1-4H3/t12-,13?,14+,15-,16+/m1/s1. The molecule has 1 unspecified atom stereocenters. The fourth-order valence-corrected chi connectivity index (χ4v) is 3.28. The highest BCUT2D eigenvalue weighted by Crippen LogP contribution is 2.23. The SMILES string of the molecule is CC(C)N1C[C@@H](C)[C@@H](OCC(C)N2C[C@@H](O)[C@@H](C#N)C2)C1. The summed E-state index contributed by atoms with van der Waals surface area (Å²) in [7, 11) is 0. The van der Waals surface area contributed by atoms with E-state index in [2.05, 4.69) is 43.6 Å². The zero-order valence-corrected chi connectivity index (χ0v) is 13.7. The second-order valence-corrected chi connectivity index (χ2v) is 7.00. The molecule has 0 aromatic carbocycles. The second kappa shape index (κ2) is 7.06. The summed E-state index contributed by atoms with van der Waals surface area (Å²) in [4.78, 5) is 4.63. The maximum Gasteiger partial charge on any atom is 0.0862 e. The van der Waals surface area contributed by atoms with Crippen molar-refractivity contribution in [2.75, 3.05) is 32.8 Å². The van der Waals surface area contributed by atoms with E-state index < -0.39 is 6.10 Å². The molecule has 0 radical (unpaired) electrons. The third-order valence-corrected chi connectivity index (χ3v) is 4.96. The summed E-state index contributed by atoms with van der Waals surface area (Å²) in [6, 6.07) is 3.00. The summed E-state index contributed by atoms with van der Waals surface area (Å²) < 4.78 is 6.13. The Hall–Kier alpha value is -0.670. The van der Waals surface area contributed by atoms with Crippen molar-refractivity contribution in [2.45, 2.75) is 52.0 Å². The molecule has 1 N–H and O–H groups in total. The molecule has 21 heavy (non-hydrogen) atoms. The summed E-state index contributed by atoms with van der Waals surface area (Å²) in [5.41, 5.74) is 0. The molecule has 0 saturated carbocycles. The molecule has 2 rings (SSSR count). The summed E-state index contributed by atoms with van der Waals surface area (Å²) in [6.45, 7) is 12.9. The summed E-state index contributed by atoms with van der Waals surface area (Å²) in [5, 5.41) is 18.8. The van der Waals surface area contributed by atoms with Gasteiger partial charge in [-0.05, 0) is 26.7 Å². The van der Waals surface area contributed by atoms with Crippen molar-refractivity contribution < 1.29 is 9.84 Å². The third kappa shape index (κ3) is 3.95. The first-order valence-corrected chi connectivity index (χ1v) is 8.09. The first-order chi connectivity index (χ1) is 9.92. The molecule has 2 aliphatic rings. The van der Waals surface area contributed by atoms with Crippen molar-refractivity contribution in [1.82, 2.24) is 9.80 Å². The molecule has 2 aliphatic heterocycles. The quantitative estimate of drug-likeness (QED) is 0.818. The summed E-state index contributed by atoms with van der Waals surface area (Å²) >= 11 is 0. The Bertz CT molecular complexity index is 382. The highest BCUT2D eigenvalue weighted by atomic mass is 16.5. The molecule has 5 heteroatoms. The highest BCUT2D eigenvalue weighted by molar-refractivity contribution is 4.98. The van der Waals surface area contributed by atoms with Crippen LogP contribution in [0.5, 0.6) is 0 Å². The van der Waals surface area contributed by atoms with Gasteiger partial charge < -0.3 is 9.84 Å². The van der Waals surface area contributed by atoms with Crippen molar-refractivity contribution in [3.8, 4) is 6.07 Å². The van der Waals surface area contributed by atoms with Crippen molar-refractivity contribution in [2.24, 2.45) is 11.8 Å². The van der Waals surface area contributed by atoms with Crippen molar-refractivity contribution in [3.63, 3.8) is 0 Å². The Kier molecular flexibility index (Phi) is 5.61. The first kappa shape index (κ1) is 16.7. The van der Waals surface area contributed by atoms with Crippen LogP contribution >= 0.6 is 0 Å². The van der Waals surface area contributed by atoms with Gasteiger partial charge in [0, 0.05) is 38.3 Å². The molecule has 0 aromatic rings. The smallest absolute Gasteiger partial charge is 0.0862 e. The number of ether oxygens (including phenoxy) is 1. The minimum absolute atomic E-state index is 0.248. The fraction of sp³-hybridized carbons (Fsp3) is 0.938. The van der Waals surface area contributed by atoms with Gasteiger partial charge in [0.05, 0.1) is 30.8 Å². The average Bonchev–Trinajstić information content (AvgIpc) is 2.99. The summed E-state index contributed by atoms with van der Waals surface area (Å²) in [6.07, 6.45) is -0.214. The van der Waals surface area contributed by atoms with E-state index in [9.17, 15) is 5.11 Å². The molecule has 2 saturated heterocycles. The molecular formula is C16H29N3O2. The van der Waals surface area contributed by atoms with Crippen LogP contribution in [0.3, 0.4) is 0 Å². The number of hydrogen-bond acceptors (Lipinski definition) is 5. The van der Waals surface area contributed by atoms with Crippen LogP contribution in [0, 0.1) is 23.2 Å². The molecule has 5 nitrogen and oxygen atoms in total. The molecule has 2 fully saturated rings. The second-order valence-electron chi connectivity index (χ2n) is 7.00. The third-order valence-electron chi connectivity index (χ3n) is 4.96. The number of rotatable bonds is 5. The summed E-state index contributed by atoms with van der Waals surface area (Å²) in [5.74, 6) is 0.310. The minimum atomic E-state index is -0.515. The van der Waals surface area contributed by atoms with Gasteiger partial charge >= 0.3 is 0 Å². The topological polar surface area (TPSA) is 59.7 Å². The van der Waals surface area contributed by atoms with Gasteiger partial charge in [-0.3, -0.25) is 9.80 Å². The van der Waals surface area contributed by atoms with Crippen molar-refractivity contribution in [3.05, 3.63) is 0 Å². The van der Waals surface area contributed by atoms with Gasteiger partial charge in [-0.2, -0.15) is 5.26 Å². The monoisotopic (exact) mass is 295 g/mol. The van der Waals surface area contributed by atoms with Gasteiger partial charge in [0.1, 0.15) is 0 Å². The number of hydrogen-bond donors (Lipinski definition) is 1. The number of nitriles is 1. The van der Waals surface area contributed by atoms with Gasteiger partial charge in [0.25, 0.3) is 0 Å². The van der Waals surface area contributed by atoms with Gasteiger partial charge in [-0.15, -0.1) is 0 Å². The molecule has 0 spiro atoms. The van der Waals surface area contributed by atoms with Crippen LogP contribution < -0.4 is 0 Å². The van der Waals surface area contributed by atoms with E-state index in [-0.39, 0.29) is 12.0 Å². The van der Waals surface area contributed by atoms with E-state index in [0.717, 1.165) is 13.1 Å². The normalized spacial score (nSPS) is 36.2. The van der Waals surface area contributed by atoms with E-state index in [1.165, 1.54) is 0 Å². The molecule has 0 bridgehead atoms. The zero-order chi connectivity index (χ0) is 15.6. The molecule has 0 aromatic heterocycles. The van der Waals surface area contributed by atoms with E-state index in [1.807, 2.05) is 0 Å². The number of aliphatic hydroxyl groups excluding tert-OH is 1. The number of likely N-dealkylation sites (tertiary alicyclic amines) is 2. The Labute approximate surface area is 128 Å². The maximum atomic E-state index is 9.81. The first-order valence-electron chi connectivity index (χ1n) is 8.09. The predicted molar refractivity (Wildman–Crippen MR) is 81.8 cm³/mol. The molecular weight excluding hydrogens is 266 g/mol. The van der Waals surface area contributed by atoms with Crippen LogP contribution in [-0.4, -0.2) is 72.0 Å². The van der Waals surface area contributed by atoms with Crippen molar-refractivity contribution >= 4 is 0 Å². The van der Waals surface area contributed by atoms with Crippen LogP contribution in [0.25, 0.3) is 0 Å². The lowest BCUT2D eigenvalue weighted by atomic mass is 10.1. The van der Waals surface area contributed by atoms with Gasteiger partial charge in [-0.1, -0.05) is 6.92 Å². The Balaban J connectivity index is 1.77. The molecule has 0 amide bonds. The number of β-amino-alcohol motifs (C(OH)–C–C–N with tert-alkyl or cyclic N) is 1. The van der Waals surface area contributed by atoms with Gasteiger partial charge in [0.2, 0.25) is 0 Å². The Morgan fingerprint density at radius 2 is 1.90 bits per heavy atom. The van der Waals surface area contributed by atoms with E-state index in [1.54, 1.807) is 0 Å². The van der Waals surface area contributed by atoms with E-state index >= 15 is 0 Å². The number of aliphatic hydroxyl groups is 1. The van der Waals surface area contributed by atoms with Crippen LogP contribution in [0.4, 0.5) is 0 Å². The van der Waals surface area contributed by atoms with Crippen LogP contribution in [0.2, 0.25) is 0 Å². The lowest BCUT2D eigenvalue weighted by Crippen LogP contribution is -2.37. The van der Waals surface area contributed by atoms with Gasteiger partial charge in [-0.25, -0.2) is 0 Å². The van der Waals surface area contributed by atoms with Crippen molar-refractivity contribution in [1.29, 1.82) is 5.26 Å². The predicted octanol–water partition coefficient (Wildman–Crippen LogP) is 0.936. The maximum absolute atomic E-state index is 9.81. The fourth-order valence-electron chi connectivity index (χ4n) is 3.28. The van der Waals surface area contributed by atoms with Crippen LogP contribution in [-0.2, 0) is 4.74 Å². The highest BCUT2D eigenvalue weighted by Gasteiger charge is 2.35. The van der Waals surface area contributed by atoms with Gasteiger partial charge in [0.15, 0.2) is 0 Å². The van der Waals surface area contributed by atoms with Crippen LogP contribution in [0.15, 0.2) is 0 Å². The van der Waals surface area contributed by atoms with E-state index in [0.29, 0.717) is 37.8 Å². The zero-order valence-electron chi connectivity index (χ0n) is 13.7. The lowest BCUT2D eigenvalue weighted by Gasteiger charge is -2.26. The average molecular weight is 295 g/mol. The molecule has 0 aliphatic carbocycles. The lowest BCUT2D eigenvalue weighted by molar-refractivity contribution is 0.00372. The van der Waals surface area contributed by atoms with E-state index in [4.69, 9.17) is 10.00 Å². The Morgan fingerprint density at radius 3 is 2.43 bits per heavy atom. The van der Waals surface area contributed by atoms with Crippen LogP contribution in [0.1, 0.15) is 27.7 Å². The minimum Gasteiger partial charge on any atom is -0.390 e.